The Morgan fingerprint density at radius 1 is 1.12 bits per heavy atom. The van der Waals surface area contributed by atoms with Crippen LogP contribution < -0.4 is 5.32 Å². The Bertz CT molecular complexity index is 398. The maximum atomic E-state index is 6.14. The van der Waals surface area contributed by atoms with Crippen LogP contribution >= 0.6 is 11.6 Å². The molecule has 1 aromatic rings. The summed E-state index contributed by atoms with van der Waals surface area (Å²) >= 11 is 6.14. The molecule has 1 N–H and O–H groups in total. The zero-order chi connectivity index (χ0) is 11.1. The summed E-state index contributed by atoms with van der Waals surface area (Å²) in [6.45, 7) is 0. The minimum Gasteiger partial charge on any atom is -0.313 e. The van der Waals surface area contributed by atoms with Crippen molar-refractivity contribution in [2.75, 3.05) is 7.05 Å². The zero-order valence-electron chi connectivity index (χ0n) is 9.67. The summed E-state index contributed by atoms with van der Waals surface area (Å²) in [6, 6.07) is 6.97. The Kier molecular flexibility index (Phi) is 2.68. The van der Waals surface area contributed by atoms with Gasteiger partial charge in [-0.15, -0.1) is 0 Å². The van der Waals surface area contributed by atoms with E-state index in [-0.39, 0.29) is 0 Å². The summed E-state index contributed by atoms with van der Waals surface area (Å²) in [5.41, 5.74) is 3.00. The van der Waals surface area contributed by atoms with Gasteiger partial charge in [0.05, 0.1) is 0 Å². The monoisotopic (exact) mass is 235 g/mol. The molecule has 1 nitrogen and oxygen atoms in total. The van der Waals surface area contributed by atoms with Crippen molar-refractivity contribution < 1.29 is 0 Å². The van der Waals surface area contributed by atoms with E-state index in [9.17, 15) is 0 Å². The van der Waals surface area contributed by atoms with E-state index in [1.165, 1.54) is 36.8 Å². The van der Waals surface area contributed by atoms with Crippen LogP contribution in [0.25, 0.3) is 0 Å². The van der Waals surface area contributed by atoms with Gasteiger partial charge in [-0.1, -0.05) is 17.7 Å². The smallest absolute Gasteiger partial charge is 0.0409 e. The van der Waals surface area contributed by atoms with Gasteiger partial charge in [0.1, 0.15) is 0 Å². The van der Waals surface area contributed by atoms with Gasteiger partial charge in [0, 0.05) is 11.1 Å². The highest BCUT2D eigenvalue weighted by atomic mass is 35.5. The summed E-state index contributed by atoms with van der Waals surface area (Å²) in [5, 5.41) is 4.31. The van der Waals surface area contributed by atoms with E-state index < -0.39 is 0 Å². The lowest BCUT2D eigenvalue weighted by atomic mass is 9.78. The van der Waals surface area contributed by atoms with Crippen molar-refractivity contribution in [3.05, 3.63) is 34.3 Å². The normalized spacial score (nSPS) is 28.9. The third-order valence-corrected chi connectivity index (χ3v) is 4.36. The average Bonchev–Trinajstić information content (AvgIpc) is 3.11. The first kappa shape index (κ1) is 10.6. The standard InChI is InChI=1S/C14H18ClN/c1-16-14-7-6-11(9-2-3-9)13-8-10(15)4-5-12(13)14/h4-5,8-9,11,14,16H,2-3,6-7H2,1H3. The molecule has 0 bridgehead atoms. The van der Waals surface area contributed by atoms with E-state index in [0.29, 0.717) is 6.04 Å². The van der Waals surface area contributed by atoms with Crippen molar-refractivity contribution in [2.45, 2.75) is 37.6 Å². The van der Waals surface area contributed by atoms with Gasteiger partial charge in [-0.2, -0.15) is 0 Å². The lowest BCUT2D eigenvalue weighted by Crippen LogP contribution is -2.24. The van der Waals surface area contributed by atoms with Gasteiger partial charge < -0.3 is 5.32 Å². The fourth-order valence-corrected chi connectivity index (χ4v) is 3.31. The van der Waals surface area contributed by atoms with Crippen LogP contribution in [0.4, 0.5) is 0 Å². The molecule has 2 aliphatic carbocycles. The number of rotatable bonds is 2. The van der Waals surface area contributed by atoms with E-state index in [1.54, 1.807) is 0 Å². The second-order valence-corrected chi connectivity index (χ2v) is 5.57. The van der Waals surface area contributed by atoms with Crippen LogP contribution in [0.15, 0.2) is 18.2 Å². The Morgan fingerprint density at radius 2 is 1.94 bits per heavy atom. The second-order valence-electron chi connectivity index (χ2n) is 5.14. The molecule has 1 aromatic carbocycles. The Balaban J connectivity index is 2.02. The largest absolute Gasteiger partial charge is 0.313 e. The first-order valence-electron chi connectivity index (χ1n) is 6.26. The molecule has 0 spiro atoms. The van der Waals surface area contributed by atoms with Gasteiger partial charge in [0.15, 0.2) is 0 Å². The summed E-state index contributed by atoms with van der Waals surface area (Å²) in [4.78, 5) is 0. The summed E-state index contributed by atoms with van der Waals surface area (Å²) in [6.07, 6.45) is 5.43. The van der Waals surface area contributed by atoms with Crippen LogP contribution in [0, 0.1) is 5.92 Å². The van der Waals surface area contributed by atoms with Crippen molar-refractivity contribution >= 4 is 11.6 Å². The molecule has 1 saturated carbocycles. The molecule has 86 valence electrons. The topological polar surface area (TPSA) is 12.0 Å². The van der Waals surface area contributed by atoms with Crippen molar-refractivity contribution in [1.29, 1.82) is 0 Å². The summed E-state index contributed by atoms with van der Waals surface area (Å²) < 4.78 is 0. The molecule has 3 rings (SSSR count). The van der Waals surface area contributed by atoms with Crippen molar-refractivity contribution in [2.24, 2.45) is 5.92 Å². The summed E-state index contributed by atoms with van der Waals surface area (Å²) in [7, 11) is 2.06. The van der Waals surface area contributed by atoms with Crippen molar-refractivity contribution in [1.82, 2.24) is 5.32 Å². The highest BCUT2D eigenvalue weighted by Gasteiger charge is 2.37. The fraction of sp³-hybridized carbons (Fsp3) is 0.571. The number of benzene rings is 1. The highest BCUT2D eigenvalue weighted by molar-refractivity contribution is 6.30. The first-order valence-corrected chi connectivity index (χ1v) is 6.64. The molecule has 0 aliphatic heterocycles. The zero-order valence-corrected chi connectivity index (χ0v) is 10.4. The van der Waals surface area contributed by atoms with Crippen molar-refractivity contribution in [3.63, 3.8) is 0 Å². The van der Waals surface area contributed by atoms with E-state index in [2.05, 4.69) is 24.5 Å². The minimum atomic E-state index is 0.530. The van der Waals surface area contributed by atoms with Gasteiger partial charge in [-0.05, 0) is 67.8 Å². The molecule has 0 saturated heterocycles. The van der Waals surface area contributed by atoms with E-state index in [4.69, 9.17) is 11.6 Å². The molecule has 2 unspecified atom stereocenters. The summed E-state index contributed by atoms with van der Waals surface area (Å²) in [5.74, 6) is 1.72. The van der Waals surface area contributed by atoms with E-state index in [1.807, 2.05) is 6.07 Å². The molecule has 2 aliphatic rings. The predicted octanol–water partition coefficient (Wildman–Crippen LogP) is 3.89. The lowest BCUT2D eigenvalue weighted by molar-refractivity contribution is 0.421. The van der Waals surface area contributed by atoms with Gasteiger partial charge in [0.2, 0.25) is 0 Å². The quantitative estimate of drug-likeness (QED) is 0.820. The number of hydrogen-bond acceptors (Lipinski definition) is 1. The molecule has 0 amide bonds. The van der Waals surface area contributed by atoms with Crippen LogP contribution in [0.1, 0.15) is 48.8 Å². The van der Waals surface area contributed by atoms with Crippen LogP contribution in [0.2, 0.25) is 5.02 Å². The van der Waals surface area contributed by atoms with Crippen molar-refractivity contribution in [3.8, 4) is 0 Å². The fourth-order valence-electron chi connectivity index (χ4n) is 3.13. The van der Waals surface area contributed by atoms with Gasteiger partial charge in [-0.3, -0.25) is 0 Å². The Labute approximate surface area is 102 Å². The number of nitrogens with one attached hydrogen (secondary N) is 1. The lowest BCUT2D eigenvalue weighted by Gasteiger charge is -2.31. The number of hydrogen-bond donors (Lipinski definition) is 1. The molecule has 0 radical (unpaired) electrons. The molecule has 2 atom stereocenters. The highest BCUT2D eigenvalue weighted by Crippen LogP contribution is 2.50. The second kappa shape index (κ2) is 4.05. The molecule has 0 heterocycles. The number of fused-ring (bicyclic) bond motifs is 1. The Morgan fingerprint density at radius 3 is 2.62 bits per heavy atom. The average molecular weight is 236 g/mol. The Hall–Kier alpha value is -0.530. The molecular formula is C14H18ClN. The molecule has 0 aromatic heterocycles. The molecular weight excluding hydrogens is 218 g/mol. The third kappa shape index (κ3) is 1.76. The van der Waals surface area contributed by atoms with Crippen LogP contribution in [0.3, 0.4) is 0 Å². The minimum absolute atomic E-state index is 0.530. The van der Waals surface area contributed by atoms with E-state index in [0.717, 1.165) is 16.9 Å². The maximum absolute atomic E-state index is 6.14. The third-order valence-electron chi connectivity index (χ3n) is 4.13. The first-order chi connectivity index (χ1) is 7.79. The molecule has 2 heteroatoms. The van der Waals surface area contributed by atoms with Crippen LogP contribution in [0.5, 0.6) is 0 Å². The van der Waals surface area contributed by atoms with Gasteiger partial charge in [-0.25, -0.2) is 0 Å². The van der Waals surface area contributed by atoms with Crippen LogP contribution in [-0.2, 0) is 0 Å². The maximum Gasteiger partial charge on any atom is 0.0409 e. The number of halogens is 1. The van der Waals surface area contributed by atoms with E-state index >= 15 is 0 Å². The molecule has 16 heavy (non-hydrogen) atoms. The van der Waals surface area contributed by atoms with Gasteiger partial charge in [0.25, 0.3) is 0 Å². The molecule has 1 fully saturated rings. The SMILES string of the molecule is CNC1CCC(C2CC2)c2cc(Cl)ccc21. The van der Waals surface area contributed by atoms with Gasteiger partial charge >= 0.3 is 0 Å². The van der Waals surface area contributed by atoms with Crippen LogP contribution in [-0.4, -0.2) is 7.05 Å². The predicted molar refractivity (Wildman–Crippen MR) is 68.0 cm³/mol.